The van der Waals surface area contributed by atoms with E-state index in [1.807, 2.05) is 6.92 Å². The SMILES string of the molecule is CC(=Cc1csc(C)n1)[C@]1(C)CC=C(C(F)(F)F)CC=C[C@H](C)C(O)[C@@H](C)C(=O)C(C)(C)[C@@H](O)CC(=O)O1. The van der Waals surface area contributed by atoms with Gasteiger partial charge in [0.25, 0.3) is 0 Å². The Kier molecular flexibility index (Phi) is 10.3. The minimum Gasteiger partial charge on any atom is -0.454 e. The van der Waals surface area contributed by atoms with Gasteiger partial charge in [0.2, 0.25) is 0 Å². The van der Waals surface area contributed by atoms with Crippen molar-refractivity contribution in [3.63, 3.8) is 0 Å². The van der Waals surface area contributed by atoms with E-state index < -0.39 is 71.4 Å². The van der Waals surface area contributed by atoms with Gasteiger partial charge in [-0.15, -0.1) is 11.3 Å². The van der Waals surface area contributed by atoms with E-state index >= 15 is 0 Å². The summed E-state index contributed by atoms with van der Waals surface area (Å²) in [7, 11) is 0. The van der Waals surface area contributed by atoms with Crippen LogP contribution in [0.3, 0.4) is 0 Å². The first kappa shape index (κ1) is 31.9. The van der Waals surface area contributed by atoms with Crippen LogP contribution in [0.4, 0.5) is 13.2 Å². The van der Waals surface area contributed by atoms with Crippen molar-refractivity contribution in [1.82, 2.24) is 4.98 Å². The number of aromatic nitrogens is 1. The molecule has 0 bridgehead atoms. The first-order chi connectivity index (χ1) is 17.4. The molecule has 0 aromatic carbocycles. The summed E-state index contributed by atoms with van der Waals surface area (Å²) in [6.07, 6.45) is -3.09. The fourth-order valence-electron chi connectivity index (χ4n) is 4.33. The summed E-state index contributed by atoms with van der Waals surface area (Å²) < 4.78 is 47.4. The average Bonchev–Trinajstić information content (AvgIpc) is 3.22. The first-order valence-electron chi connectivity index (χ1n) is 12.5. The fraction of sp³-hybridized carbons (Fsp3) is 0.607. The van der Waals surface area contributed by atoms with Gasteiger partial charge in [-0.05, 0) is 38.8 Å². The molecular weight excluding hydrogens is 519 g/mol. The molecule has 1 aliphatic rings. The number of hydrogen-bond donors (Lipinski definition) is 2. The Morgan fingerprint density at radius 1 is 1.21 bits per heavy atom. The van der Waals surface area contributed by atoms with Gasteiger partial charge in [-0.1, -0.05) is 45.9 Å². The number of Topliss-reactive ketones (excluding diaryl/α,β-unsaturated/α-hetero) is 1. The second-order valence-corrected chi connectivity index (χ2v) is 11.9. The molecule has 2 N–H and O–H groups in total. The summed E-state index contributed by atoms with van der Waals surface area (Å²) in [5.41, 5.74) is -2.63. The van der Waals surface area contributed by atoms with E-state index in [4.69, 9.17) is 4.74 Å². The van der Waals surface area contributed by atoms with Crippen LogP contribution in [-0.2, 0) is 14.3 Å². The van der Waals surface area contributed by atoms with Crippen LogP contribution < -0.4 is 0 Å². The Morgan fingerprint density at radius 2 is 1.84 bits per heavy atom. The zero-order valence-corrected chi connectivity index (χ0v) is 23.7. The summed E-state index contributed by atoms with van der Waals surface area (Å²) in [5.74, 6) is -2.88. The van der Waals surface area contributed by atoms with Gasteiger partial charge in [0.1, 0.15) is 11.4 Å². The maximum absolute atomic E-state index is 13.9. The first-order valence-corrected chi connectivity index (χ1v) is 13.4. The van der Waals surface area contributed by atoms with Gasteiger partial charge in [0, 0.05) is 29.2 Å². The van der Waals surface area contributed by atoms with Crippen molar-refractivity contribution in [1.29, 1.82) is 0 Å². The van der Waals surface area contributed by atoms with E-state index in [0.29, 0.717) is 11.3 Å². The van der Waals surface area contributed by atoms with Crippen molar-refractivity contribution in [3.8, 4) is 0 Å². The Hall–Kier alpha value is -2.30. The third kappa shape index (κ3) is 7.86. The molecule has 212 valence electrons. The number of ether oxygens (including phenoxy) is 1. The topological polar surface area (TPSA) is 96.7 Å². The second kappa shape index (κ2) is 12.3. The lowest BCUT2D eigenvalue weighted by atomic mass is 9.73. The number of esters is 1. The van der Waals surface area contributed by atoms with Crippen molar-refractivity contribution >= 4 is 29.2 Å². The van der Waals surface area contributed by atoms with Crippen molar-refractivity contribution in [2.45, 2.75) is 91.7 Å². The van der Waals surface area contributed by atoms with Crippen LogP contribution in [0.15, 0.2) is 34.8 Å². The second-order valence-electron chi connectivity index (χ2n) is 10.8. The number of halogens is 3. The number of carbonyl (C=O) groups is 2. The maximum Gasteiger partial charge on any atom is 0.412 e. The molecule has 1 aliphatic heterocycles. The van der Waals surface area contributed by atoms with E-state index in [1.54, 1.807) is 25.3 Å². The van der Waals surface area contributed by atoms with E-state index in [-0.39, 0.29) is 6.42 Å². The predicted molar refractivity (Wildman–Crippen MR) is 141 cm³/mol. The maximum atomic E-state index is 13.9. The highest BCUT2D eigenvalue weighted by Gasteiger charge is 2.43. The molecule has 0 spiro atoms. The number of allylic oxidation sites excluding steroid dienone is 2. The molecule has 2 rings (SSSR count). The smallest absolute Gasteiger partial charge is 0.412 e. The van der Waals surface area contributed by atoms with Gasteiger partial charge in [0.05, 0.1) is 34.7 Å². The number of rotatable bonds is 2. The molecular formula is C28H38F3NO5S. The van der Waals surface area contributed by atoms with Crippen LogP contribution in [0.5, 0.6) is 0 Å². The molecule has 2 heterocycles. The summed E-state index contributed by atoms with van der Waals surface area (Å²) in [6.45, 7) is 11.1. The predicted octanol–water partition coefficient (Wildman–Crippen LogP) is 5.97. The highest BCUT2D eigenvalue weighted by molar-refractivity contribution is 7.09. The summed E-state index contributed by atoms with van der Waals surface area (Å²) in [4.78, 5) is 30.5. The van der Waals surface area contributed by atoms with Gasteiger partial charge in [-0.2, -0.15) is 13.2 Å². The highest BCUT2D eigenvalue weighted by atomic mass is 32.1. The zero-order chi connectivity index (χ0) is 29.1. The van der Waals surface area contributed by atoms with Gasteiger partial charge < -0.3 is 14.9 Å². The van der Waals surface area contributed by atoms with Crippen molar-refractivity contribution in [3.05, 3.63) is 45.5 Å². The van der Waals surface area contributed by atoms with E-state index in [9.17, 15) is 33.0 Å². The lowest BCUT2D eigenvalue weighted by Crippen LogP contribution is -2.46. The van der Waals surface area contributed by atoms with E-state index in [1.165, 1.54) is 51.2 Å². The molecule has 0 amide bonds. The molecule has 38 heavy (non-hydrogen) atoms. The lowest BCUT2D eigenvalue weighted by molar-refractivity contribution is -0.160. The minimum absolute atomic E-state index is 0.277. The average molecular weight is 558 g/mol. The Morgan fingerprint density at radius 3 is 2.39 bits per heavy atom. The number of aryl methyl sites for hydroxylation is 1. The van der Waals surface area contributed by atoms with Gasteiger partial charge in [-0.3, -0.25) is 9.59 Å². The molecule has 0 saturated carbocycles. The van der Waals surface area contributed by atoms with E-state index in [0.717, 1.165) is 11.1 Å². The number of thiazole rings is 1. The number of nitrogens with zero attached hydrogens (tertiary/aromatic N) is 1. The summed E-state index contributed by atoms with van der Waals surface area (Å²) >= 11 is 1.41. The molecule has 5 atom stereocenters. The molecule has 10 heteroatoms. The highest BCUT2D eigenvalue weighted by Crippen LogP contribution is 2.36. The van der Waals surface area contributed by atoms with Crippen LogP contribution in [0.1, 0.15) is 71.5 Å². The summed E-state index contributed by atoms with van der Waals surface area (Å²) in [5, 5.41) is 24.1. The van der Waals surface area contributed by atoms with Gasteiger partial charge in [0.15, 0.2) is 0 Å². The van der Waals surface area contributed by atoms with Crippen LogP contribution in [0, 0.1) is 24.2 Å². The number of alkyl halides is 3. The van der Waals surface area contributed by atoms with Gasteiger partial charge >= 0.3 is 12.1 Å². The van der Waals surface area contributed by atoms with Gasteiger partial charge in [-0.25, -0.2) is 4.98 Å². The summed E-state index contributed by atoms with van der Waals surface area (Å²) in [6, 6.07) is 0. The Balaban J connectivity index is 2.58. The lowest BCUT2D eigenvalue weighted by Gasteiger charge is -2.35. The van der Waals surface area contributed by atoms with Crippen molar-refractivity contribution < 1.29 is 37.7 Å². The molecule has 1 aromatic heterocycles. The molecule has 1 aromatic rings. The standard InChI is InChI=1S/C28H38F3NO5S/c1-16-9-8-10-20(28(29,30)31)11-12-27(7,17(2)13-21-15-38-19(4)32-21)37-23(34)14-22(33)26(5,6)25(36)18(3)24(16)35/h8-9,11,13,15-16,18,22,24,33,35H,10,12,14H2,1-7H3/t16-,18+,22-,24?,27-/m0/s1. The quantitative estimate of drug-likeness (QED) is 0.343. The number of ketones is 1. The number of aliphatic hydroxyl groups excluding tert-OH is 2. The Labute approximate surface area is 226 Å². The van der Waals surface area contributed by atoms with Crippen molar-refractivity contribution in [2.75, 3.05) is 0 Å². The van der Waals surface area contributed by atoms with Crippen LogP contribution in [-0.4, -0.2) is 50.9 Å². The van der Waals surface area contributed by atoms with E-state index in [2.05, 4.69) is 4.98 Å². The number of hydrogen-bond acceptors (Lipinski definition) is 7. The third-order valence-corrected chi connectivity index (χ3v) is 8.14. The fourth-order valence-corrected chi connectivity index (χ4v) is 4.90. The van der Waals surface area contributed by atoms with Crippen LogP contribution >= 0.6 is 11.3 Å². The molecule has 0 radical (unpaired) electrons. The molecule has 0 aliphatic carbocycles. The molecule has 0 saturated heterocycles. The minimum atomic E-state index is -4.63. The third-order valence-electron chi connectivity index (χ3n) is 7.35. The van der Waals surface area contributed by atoms with Crippen LogP contribution in [0.2, 0.25) is 0 Å². The van der Waals surface area contributed by atoms with Crippen LogP contribution in [0.25, 0.3) is 6.08 Å². The zero-order valence-electron chi connectivity index (χ0n) is 22.9. The number of carbonyl (C=O) groups excluding carboxylic acids is 2. The molecule has 6 nitrogen and oxygen atoms in total. The van der Waals surface area contributed by atoms with Crippen molar-refractivity contribution in [2.24, 2.45) is 17.3 Å². The number of aliphatic hydroxyl groups is 2. The molecule has 1 unspecified atom stereocenters. The normalized spacial score (nSPS) is 30.6. The Bertz CT molecular complexity index is 1100. The number of cyclic esters (lactones) is 1. The largest absolute Gasteiger partial charge is 0.454 e. The monoisotopic (exact) mass is 557 g/mol. The molecule has 0 fully saturated rings.